The van der Waals surface area contributed by atoms with Crippen molar-refractivity contribution in [3.8, 4) is 0 Å². The van der Waals surface area contributed by atoms with Crippen LogP contribution in [-0.2, 0) is 5.54 Å². The van der Waals surface area contributed by atoms with Gasteiger partial charge in [0.25, 0.3) is 0 Å². The molecule has 126 valence electrons. The summed E-state index contributed by atoms with van der Waals surface area (Å²) in [6.07, 6.45) is 1.38. The third-order valence-corrected chi connectivity index (χ3v) is 3.96. The van der Waals surface area contributed by atoms with Gasteiger partial charge < -0.3 is 10.4 Å². The number of aryl methyl sites for hydroxylation is 1. The van der Waals surface area contributed by atoms with Gasteiger partial charge in [-0.3, -0.25) is 4.68 Å². The minimum atomic E-state index is -0.670. The van der Waals surface area contributed by atoms with Crippen molar-refractivity contribution in [2.45, 2.75) is 52.3 Å². The van der Waals surface area contributed by atoms with E-state index in [9.17, 15) is 9.50 Å². The molecule has 2 rings (SSSR count). The van der Waals surface area contributed by atoms with E-state index in [0.29, 0.717) is 12.1 Å². The maximum atomic E-state index is 12.9. The minimum absolute atomic E-state index is 0.0592. The Morgan fingerprint density at radius 2 is 1.87 bits per heavy atom. The molecule has 0 aliphatic heterocycles. The summed E-state index contributed by atoms with van der Waals surface area (Å²) in [5, 5.41) is 18.1. The molecule has 2 aromatic rings. The van der Waals surface area contributed by atoms with Crippen LogP contribution in [0.4, 0.5) is 4.39 Å². The molecule has 0 saturated heterocycles. The van der Waals surface area contributed by atoms with Crippen molar-refractivity contribution in [3.63, 3.8) is 0 Å². The third-order valence-electron chi connectivity index (χ3n) is 3.96. The van der Waals surface area contributed by atoms with E-state index in [2.05, 4.69) is 37.4 Å². The SMILES string of the molecule is Cc1nn(C(C)(C)C)cc1C(C)NCC(O)c1ccc(F)cc1. The van der Waals surface area contributed by atoms with Gasteiger partial charge in [-0.1, -0.05) is 12.1 Å². The van der Waals surface area contributed by atoms with E-state index in [-0.39, 0.29) is 17.4 Å². The lowest BCUT2D eigenvalue weighted by molar-refractivity contribution is 0.170. The van der Waals surface area contributed by atoms with Crippen LogP contribution >= 0.6 is 0 Å². The van der Waals surface area contributed by atoms with Crippen molar-refractivity contribution in [2.75, 3.05) is 6.54 Å². The molecule has 23 heavy (non-hydrogen) atoms. The summed E-state index contributed by atoms with van der Waals surface area (Å²) in [7, 11) is 0. The highest BCUT2D eigenvalue weighted by Gasteiger charge is 2.19. The first-order valence-electron chi connectivity index (χ1n) is 7.92. The highest BCUT2D eigenvalue weighted by atomic mass is 19.1. The van der Waals surface area contributed by atoms with Gasteiger partial charge in [0.2, 0.25) is 0 Å². The molecule has 0 bridgehead atoms. The van der Waals surface area contributed by atoms with Crippen molar-refractivity contribution >= 4 is 0 Å². The van der Waals surface area contributed by atoms with Crippen molar-refractivity contribution < 1.29 is 9.50 Å². The van der Waals surface area contributed by atoms with Crippen LogP contribution in [0.2, 0.25) is 0 Å². The topological polar surface area (TPSA) is 50.1 Å². The largest absolute Gasteiger partial charge is 0.387 e. The van der Waals surface area contributed by atoms with Gasteiger partial charge >= 0.3 is 0 Å². The second-order valence-corrected chi connectivity index (χ2v) is 6.98. The van der Waals surface area contributed by atoms with Gasteiger partial charge in [0.05, 0.1) is 17.3 Å². The fraction of sp³-hybridized carbons (Fsp3) is 0.500. The number of nitrogens with one attached hydrogen (secondary N) is 1. The lowest BCUT2D eigenvalue weighted by Gasteiger charge is -2.19. The molecule has 1 heterocycles. The predicted molar refractivity (Wildman–Crippen MR) is 89.7 cm³/mol. The summed E-state index contributed by atoms with van der Waals surface area (Å²) >= 11 is 0. The molecule has 2 atom stereocenters. The molecule has 0 amide bonds. The number of rotatable bonds is 5. The Bertz CT molecular complexity index is 643. The number of benzene rings is 1. The molecule has 0 aliphatic carbocycles. The number of halogens is 1. The molecule has 2 N–H and O–H groups in total. The quantitative estimate of drug-likeness (QED) is 0.887. The van der Waals surface area contributed by atoms with Gasteiger partial charge in [-0.15, -0.1) is 0 Å². The van der Waals surface area contributed by atoms with Crippen molar-refractivity contribution in [3.05, 3.63) is 53.1 Å². The number of nitrogens with zero attached hydrogens (tertiary/aromatic N) is 2. The minimum Gasteiger partial charge on any atom is -0.387 e. The number of aliphatic hydroxyl groups is 1. The van der Waals surface area contributed by atoms with Crippen molar-refractivity contribution in [2.24, 2.45) is 0 Å². The summed E-state index contributed by atoms with van der Waals surface area (Å²) in [5.74, 6) is -0.299. The van der Waals surface area contributed by atoms with Crippen LogP contribution in [-0.4, -0.2) is 21.4 Å². The summed E-state index contributed by atoms with van der Waals surface area (Å²) < 4.78 is 14.9. The molecule has 0 spiro atoms. The van der Waals surface area contributed by atoms with E-state index < -0.39 is 6.10 Å². The predicted octanol–water partition coefficient (Wildman–Crippen LogP) is 3.47. The number of aromatic nitrogens is 2. The van der Waals surface area contributed by atoms with E-state index in [1.165, 1.54) is 12.1 Å². The first kappa shape index (κ1) is 17.6. The fourth-order valence-electron chi connectivity index (χ4n) is 2.44. The lowest BCUT2D eigenvalue weighted by atomic mass is 10.1. The smallest absolute Gasteiger partial charge is 0.123 e. The van der Waals surface area contributed by atoms with E-state index in [4.69, 9.17) is 0 Å². The standard InChI is InChI=1S/C18H26FN3O/c1-12(16-11-22(18(3,4)5)21-13(16)2)20-10-17(23)14-6-8-15(19)9-7-14/h6-9,11-12,17,20,23H,10H2,1-5H3. The van der Waals surface area contributed by atoms with Crippen LogP contribution in [0.3, 0.4) is 0 Å². The van der Waals surface area contributed by atoms with E-state index in [1.807, 2.05) is 18.5 Å². The zero-order valence-corrected chi connectivity index (χ0v) is 14.5. The number of hydrogen-bond donors (Lipinski definition) is 2. The average Bonchev–Trinajstić information content (AvgIpc) is 2.87. The van der Waals surface area contributed by atoms with Crippen LogP contribution in [0.25, 0.3) is 0 Å². The van der Waals surface area contributed by atoms with Gasteiger partial charge in [0.15, 0.2) is 0 Å². The Morgan fingerprint density at radius 1 is 1.26 bits per heavy atom. The van der Waals surface area contributed by atoms with Crippen LogP contribution in [0.5, 0.6) is 0 Å². The van der Waals surface area contributed by atoms with E-state index in [1.54, 1.807) is 12.1 Å². The second kappa shape index (κ2) is 6.81. The van der Waals surface area contributed by atoms with Gasteiger partial charge in [-0.2, -0.15) is 5.10 Å². The molecule has 0 aliphatic rings. The average molecular weight is 319 g/mol. The van der Waals surface area contributed by atoms with Gasteiger partial charge in [-0.25, -0.2) is 4.39 Å². The molecular formula is C18H26FN3O. The summed E-state index contributed by atoms with van der Waals surface area (Å²) in [6.45, 7) is 10.8. The van der Waals surface area contributed by atoms with Crippen LogP contribution < -0.4 is 5.32 Å². The Balaban J connectivity index is 2.00. The Labute approximate surface area is 137 Å². The Morgan fingerprint density at radius 3 is 2.39 bits per heavy atom. The van der Waals surface area contributed by atoms with Gasteiger partial charge in [0.1, 0.15) is 5.82 Å². The Kier molecular flexibility index (Phi) is 5.22. The van der Waals surface area contributed by atoms with E-state index >= 15 is 0 Å². The Hall–Kier alpha value is -1.72. The molecule has 0 fully saturated rings. The van der Waals surface area contributed by atoms with Crippen molar-refractivity contribution in [1.29, 1.82) is 0 Å². The first-order chi connectivity index (χ1) is 10.7. The second-order valence-electron chi connectivity index (χ2n) is 6.98. The highest BCUT2D eigenvalue weighted by Crippen LogP contribution is 2.22. The maximum Gasteiger partial charge on any atom is 0.123 e. The van der Waals surface area contributed by atoms with E-state index in [0.717, 1.165) is 11.3 Å². The molecule has 5 heteroatoms. The normalized spacial score (nSPS) is 14.7. The maximum absolute atomic E-state index is 12.9. The molecule has 4 nitrogen and oxygen atoms in total. The zero-order valence-electron chi connectivity index (χ0n) is 14.5. The van der Waals surface area contributed by atoms with Crippen molar-refractivity contribution in [1.82, 2.24) is 15.1 Å². The summed E-state index contributed by atoms with van der Waals surface area (Å²) in [4.78, 5) is 0. The van der Waals surface area contributed by atoms with Gasteiger partial charge in [-0.05, 0) is 52.3 Å². The molecule has 1 aromatic heterocycles. The molecule has 2 unspecified atom stereocenters. The lowest BCUT2D eigenvalue weighted by Crippen LogP contribution is -2.25. The van der Waals surface area contributed by atoms with Crippen LogP contribution in [0, 0.1) is 12.7 Å². The van der Waals surface area contributed by atoms with Crippen LogP contribution in [0.1, 0.15) is 56.7 Å². The summed E-state index contributed by atoms with van der Waals surface area (Å²) in [5.41, 5.74) is 2.74. The molecular weight excluding hydrogens is 293 g/mol. The molecule has 0 radical (unpaired) electrons. The number of aliphatic hydroxyl groups excluding tert-OH is 1. The van der Waals surface area contributed by atoms with Crippen LogP contribution in [0.15, 0.2) is 30.5 Å². The summed E-state index contributed by atoms with van der Waals surface area (Å²) in [6, 6.07) is 6.00. The molecule has 0 saturated carbocycles. The molecule has 1 aromatic carbocycles. The monoisotopic (exact) mass is 319 g/mol. The highest BCUT2D eigenvalue weighted by molar-refractivity contribution is 5.21. The van der Waals surface area contributed by atoms with Gasteiger partial charge in [0, 0.05) is 24.3 Å². The fourth-order valence-corrected chi connectivity index (χ4v) is 2.44. The first-order valence-corrected chi connectivity index (χ1v) is 7.92. The zero-order chi connectivity index (χ0) is 17.2. The number of hydrogen-bond acceptors (Lipinski definition) is 3. The third kappa shape index (κ3) is 4.39.